The van der Waals surface area contributed by atoms with E-state index in [-0.39, 0.29) is 18.5 Å². The number of benzene rings is 2. The first-order chi connectivity index (χ1) is 17.3. The molecule has 3 aromatic rings. The van der Waals surface area contributed by atoms with Gasteiger partial charge in [-0.1, -0.05) is 48.5 Å². The van der Waals surface area contributed by atoms with Gasteiger partial charge in [0, 0.05) is 45.3 Å². The van der Waals surface area contributed by atoms with Crippen molar-refractivity contribution in [2.45, 2.75) is 38.4 Å². The van der Waals surface area contributed by atoms with E-state index in [1.807, 2.05) is 12.1 Å². The van der Waals surface area contributed by atoms with Crippen LogP contribution in [0.1, 0.15) is 39.3 Å². The summed E-state index contributed by atoms with van der Waals surface area (Å²) in [6.45, 7) is 4.87. The molecule has 0 atom stereocenters. The number of hydrogen-bond donors (Lipinski definition) is 2. The number of amides is 1. The van der Waals surface area contributed by atoms with Crippen molar-refractivity contribution in [2.24, 2.45) is 5.73 Å². The average Bonchev–Trinajstić information content (AvgIpc) is 2.84. The molecule has 1 aliphatic rings. The molecule has 1 aliphatic heterocycles. The van der Waals surface area contributed by atoms with Crippen LogP contribution in [0.4, 0.5) is 13.2 Å². The molecule has 1 fully saturated rings. The molecule has 6 nitrogen and oxygen atoms in total. The number of aromatic nitrogens is 2. The van der Waals surface area contributed by atoms with E-state index in [0.29, 0.717) is 24.2 Å². The van der Waals surface area contributed by atoms with Crippen LogP contribution in [-0.4, -0.2) is 47.0 Å². The molecule has 2 aromatic carbocycles. The third-order valence-corrected chi connectivity index (χ3v) is 6.34. The molecule has 2 heterocycles. The quantitative estimate of drug-likeness (QED) is 0.474. The average molecular weight is 498 g/mol. The maximum absolute atomic E-state index is 13.7. The van der Waals surface area contributed by atoms with Crippen LogP contribution in [0.25, 0.3) is 0 Å². The lowest BCUT2D eigenvalue weighted by Gasteiger charge is -2.27. The van der Waals surface area contributed by atoms with Crippen LogP contribution in [0, 0.1) is 0 Å². The van der Waals surface area contributed by atoms with Gasteiger partial charge in [-0.15, -0.1) is 0 Å². The van der Waals surface area contributed by atoms with Crippen LogP contribution >= 0.6 is 0 Å². The summed E-state index contributed by atoms with van der Waals surface area (Å²) in [5.41, 5.74) is 8.08. The van der Waals surface area contributed by atoms with E-state index in [9.17, 15) is 18.0 Å². The van der Waals surface area contributed by atoms with Crippen molar-refractivity contribution < 1.29 is 18.0 Å². The monoisotopic (exact) mass is 497 g/mol. The predicted octanol–water partition coefficient (Wildman–Crippen LogP) is 3.30. The van der Waals surface area contributed by atoms with Crippen molar-refractivity contribution in [3.05, 3.63) is 94.1 Å². The fourth-order valence-corrected chi connectivity index (χ4v) is 4.46. The lowest BCUT2D eigenvalue weighted by molar-refractivity contribution is -0.138. The number of carbonyl (C=O) groups excluding carboxylic acids is 1. The third-order valence-electron chi connectivity index (χ3n) is 6.34. The summed E-state index contributed by atoms with van der Waals surface area (Å²) in [5.74, 6) is -0.139. The molecule has 1 aromatic heterocycles. The number of piperazine rings is 1. The summed E-state index contributed by atoms with van der Waals surface area (Å²) in [5, 5.41) is 3.34. The molecule has 190 valence electrons. The van der Waals surface area contributed by atoms with Crippen LogP contribution in [0.15, 0.2) is 54.7 Å². The van der Waals surface area contributed by atoms with Crippen LogP contribution in [0.5, 0.6) is 0 Å². The van der Waals surface area contributed by atoms with Gasteiger partial charge in [0.2, 0.25) is 5.91 Å². The van der Waals surface area contributed by atoms with Crippen molar-refractivity contribution >= 4 is 5.91 Å². The summed E-state index contributed by atoms with van der Waals surface area (Å²) in [4.78, 5) is 22.1. The molecule has 0 radical (unpaired) electrons. The molecule has 0 aliphatic carbocycles. The Morgan fingerprint density at radius 2 is 1.64 bits per heavy atom. The van der Waals surface area contributed by atoms with Gasteiger partial charge in [0.05, 0.1) is 17.7 Å². The van der Waals surface area contributed by atoms with Gasteiger partial charge in [0.25, 0.3) is 0 Å². The Balaban J connectivity index is 1.48. The van der Waals surface area contributed by atoms with Crippen LogP contribution in [-0.2, 0) is 43.2 Å². The molecule has 4 rings (SSSR count). The molecular weight excluding hydrogens is 467 g/mol. The van der Waals surface area contributed by atoms with E-state index in [2.05, 4.69) is 32.3 Å². The van der Waals surface area contributed by atoms with Gasteiger partial charge < -0.3 is 11.1 Å². The minimum absolute atomic E-state index is 0.0436. The topological polar surface area (TPSA) is 84.1 Å². The zero-order chi connectivity index (χ0) is 25.5. The van der Waals surface area contributed by atoms with Crippen LogP contribution in [0.2, 0.25) is 0 Å². The molecular formula is C27H30F3N5O. The third kappa shape index (κ3) is 7.11. The highest BCUT2D eigenvalue weighted by Crippen LogP contribution is 2.31. The van der Waals surface area contributed by atoms with Gasteiger partial charge in [-0.25, -0.2) is 9.97 Å². The summed E-state index contributed by atoms with van der Waals surface area (Å²) in [7, 11) is 0. The molecule has 3 N–H and O–H groups in total. The van der Waals surface area contributed by atoms with Crippen LogP contribution in [0.3, 0.4) is 0 Å². The van der Waals surface area contributed by atoms with E-state index in [4.69, 9.17) is 5.73 Å². The van der Waals surface area contributed by atoms with Gasteiger partial charge >= 0.3 is 6.18 Å². The number of halogens is 3. The molecule has 0 saturated carbocycles. The highest BCUT2D eigenvalue weighted by molar-refractivity contribution is 5.77. The van der Waals surface area contributed by atoms with Gasteiger partial charge in [-0.3, -0.25) is 9.69 Å². The van der Waals surface area contributed by atoms with Gasteiger partial charge in [-0.2, -0.15) is 13.2 Å². The number of carbonyl (C=O) groups is 1. The van der Waals surface area contributed by atoms with Gasteiger partial charge in [-0.05, 0) is 35.1 Å². The maximum atomic E-state index is 13.7. The standard InChI is InChI=1S/C27H30F3N5O/c28-27(29,30)23-17-33-26(15-19-5-7-20(8-6-19)18-35-13-11-32-12-14-35)34-24(23)10-9-21-3-1-2-4-22(21)16-25(31)36/h1-8,17,32H,9-16,18H2,(H2,31,36). The molecule has 36 heavy (non-hydrogen) atoms. The molecule has 1 amide bonds. The normalized spacial score (nSPS) is 14.6. The second-order valence-electron chi connectivity index (χ2n) is 9.08. The lowest BCUT2D eigenvalue weighted by atomic mass is 9.98. The largest absolute Gasteiger partial charge is 0.419 e. The van der Waals surface area contributed by atoms with E-state index >= 15 is 0 Å². The van der Waals surface area contributed by atoms with E-state index < -0.39 is 17.6 Å². The fourth-order valence-electron chi connectivity index (χ4n) is 4.46. The maximum Gasteiger partial charge on any atom is 0.419 e. The number of aryl methyl sites for hydroxylation is 2. The number of nitrogens with one attached hydrogen (secondary N) is 1. The highest BCUT2D eigenvalue weighted by atomic mass is 19.4. The second-order valence-corrected chi connectivity index (χ2v) is 9.08. The number of alkyl halides is 3. The molecule has 0 spiro atoms. The van der Waals surface area contributed by atoms with E-state index in [0.717, 1.165) is 50.0 Å². The SMILES string of the molecule is NC(=O)Cc1ccccc1CCc1nc(Cc2ccc(CN3CCNCC3)cc2)ncc1C(F)(F)F. The lowest BCUT2D eigenvalue weighted by Crippen LogP contribution is -2.42. The van der Waals surface area contributed by atoms with Crippen LogP contribution < -0.4 is 11.1 Å². The first-order valence-corrected chi connectivity index (χ1v) is 12.1. The van der Waals surface area contributed by atoms with E-state index in [1.54, 1.807) is 24.3 Å². The number of nitrogens with zero attached hydrogens (tertiary/aromatic N) is 3. The highest BCUT2D eigenvalue weighted by Gasteiger charge is 2.34. The second kappa shape index (κ2) is 11.6. The Labute approximate surface area is 208 Å². The molecule has 9 heteroatoms. The minimum atomic E-state index is -4.55. The van der Waals surface area contributed by atoms with Crippen molar-refractivity contribution in [3.63, 3.8) is 0 Å². The predicted molar refractivity (Wildman–Crippen MR) is 131 cm³/mol. The number of nitrogens with two attached hydrogens (primary N) is 1. The number of primary amides is 1. The molecule has 0 bridgehead atoms. The fraction of sp³-hybridized carbons (Fsp3) is 0.370. The van der Waals surface area contributed by atoms with Crippen molar-refractivity contribution in [1.82, 2.24) is 20.2 Å². The Bertz CT molecular complexity index is 1170. The Morgan fingerprint density at radius 1 is 0.972 bits per heavy atom. The zero-order valence-electron chi connectivity index (χ0n) is 20.0. The Morgan fingerprint density at radius 3 is 2.31 bits per heavy atom. The molecule has 1 saturated heterocycles. The Kier molecular flexibility index (Phi) is 8.32. The molecule has 0 unspecified atom stereocenters. The summed E-state index contributed by atoms with van der Waals surface area (Å²) in [6, 6.07) is 15.2. The van der Waals surface area contributed by atoms with E-state index in [1.165, 1.54) is 5.56 Å². The summed E-state index contributed by atoms with van der Waals surface area (Å²) in [6.07, 6.45) is -2.90. The van der Waals surface area contributed by atoms with Gasteiger partial charge in [0.15, 0.2) is 0 Å². The van der Waals surface area contributed by atoms with Gasteiger partial charge in [0.1, 0.15) is 5.82 Å². The van der Waals surface area contributed by atoms with Crippen molar-refractivity contribution in [1.29, 1.82) is 0 Å². The van der Waals surface area contributed by atoms with Crippen molar-refractivity contribution in [3.8, 4) is 0 Å². The first-order valence-electron chi connectivity index (χ1n) is 12.1. The Hall–Kier alpha value is -3.30. The smallest absolute Gasteiger partial charge is 0.369 e. The zero-order valence-corrected chi connectivity index (χ0v) is 20.0. The summed E-state index contributed by atoms with van der Waals surface area (Å²) < 4.78 is 41.0. The number of hydrogen-bond acceptors (Lipinski definition) is 5. The summed E-state index contributed by atoms with van der Waals surface area (Å²) >= 11 is 0. The van der Waals surface area contributed by atoms with Crippen molar-refractivity contribution in [2.75, 3.05) is 26.2 Å². The first kappa shape index (κ1) is 25.8. The minimum Gasteiger partial charge on any atom is -0.369 e. The number of rotatable bonds is 9.